The summed E-state index contributed by atoms with van der Waals surface area (Å²) >= 11 is 0. The van der Waals surface area contributed by atoms with Gasteiger partial charge < -0.3 is 0 Å². The van der Waals surface area contributed by atoms with E-state index < -0.39 is 0 Å². The fourth-order valence-electron chi connectivity index (χ4n) is 2.43. The zero-order chi connectivity index (χ0) is 13.6. The molecule has 0 bridgehead atoms. The van der Waals surface area contributed by atoms with Crippen LogP contribution in [-0.4, -0.2) is 5.78 Å². The van der Waals surface area contributed by atoms with Crippen molar-refractivity contribution in [2.75, 3.05) is 0 Å². The molecule has 18 heavy (non-hydrogen) atoms. The molecule has 0 radical (unpaired) electrons. The Labute approximate surface area is 112 Å². The molecule has 0 saturated carbocycles. The fraction of sp³-hybridized carbons (Fsp3) is 0.588. The van der Waals surface area contributed by atoms with Gasteiger partial charge in [0.05, 0.1) is 0 Å². The Hall–Kier alpha value is -1.11. The second kappa shape index (κ2) is 6.72. The standard InChI is InChI=1S/C17H26O/c1-14-12-10-8-6-5-7-9-11-13-17(4,15(14)2)16(3)18/h7-10H,5-6,11-13H2,1-4H3/b9-7-,10-8-,15-14-. The first-order chi connectivity index (χ1) is 8.48. The van der Waals surface area contributed by atoms with Crippen LogP contribution < -0.4 is 0 Å². The molecule has 0 fully saturated rings. The van der Waals surface area contributed by atoms with Crippen LogP contribution in [0.15, 0.2) is 35.5 Å². The van der Waals surface area contributed by atoms with Crippen molar-refractivity contribution >= 4 is 5.78 Å². The first-order valence-electron chi connectivity index (χ1n) is 6.96. The summed E-state index contributed by atoms with van der Waals surface area (Å²) in [6.45, 7) is 8.10. The number of allylic oxidation sites excluding steroid dienone is 6. The smallest absolute Gasteiger partial charge is 0.139 e. The zero-order valence-corrected chi connectivity index (χ0v) is 12.3. The largest absolute Gasteiger partial charge is 0.299 e. The molecule has 0 aromatic carbocycles. The van der Waals surface area contributed by atoms with Crippen LogP contribution >= 0.6 is 0 Å². The molecular weight excluding hydrogens is 220 g/mol. The van der Waals surface area contributed by atoms with Crippen molar-refractivity contribution in [2.45, 2.75) is 59.8 Å². The normalized spacial score (nSPS) is 34.2. The van der Waals surface area contributed by atoms with Gasteiger partial charge in [-0.15, -0.1) is 0 Å². The average molecular weight is 246 g/mol. The number of hydrogen-bond donors (Lipinski definition) is 0. The minimum absolute atomic E-state index is 0.286. The van der Waals surface area contributed by atoms with Gasteiger partial charge in [-0.1, -0.05) is 35.5 Å². The van der Waals surface area contributed by atoms with Crippen molar-refractivity contribution in [1.29, 1.82) is 0 Å². The quantitative estimate of drug-likeness (QED) is 0.595. The predicted molar refractivity (Wildman–Crippen MR) is 78.5 cm³/mol. The lowest BCUT2D eigenvalue weighted by Gasteiger charge is -2.29. The maximum absolute atomic E-state index is 12.0. The number of carbonyl (C=O) groups is 1. The summed E-state index contributed by atoms with van der Waals surface area (Å²) in [6.07, 6.45) is 14.0. The molecule has 100 valence electrons. The summed E-state index contributed by atoms with van der Waals surface area (Å²) < 4.78 is 0. The minimum atomic E-state index is -0.290. The lowest BCUT2D eigenvalue weighted by atomic mass is 9.73. The van der Waals surface area contributed by atoms with Gasteiger partial charge >= 0.3 is 0 Å². The number of rotatable bonds is 1. The highest BCUT2D eigenvalue weighted by Crippen LogP contribution is 2.36. The highest BCUT2D eigenvalue weighted by Gasteiger charge is 2.31. The van der Waals surface area contributed by atoms with E-state index in [1.807, 2.05) is 0 Å². The van der Waals surface area contributed by atoms with Crippen LogP contribution in [0.5, 0.6) is 0 Å². The SMILES string of the molecule is CC(=O)C1(C)CC/C=C\CC/C=C\C/C(C)=C\1C. The zero-order valence-electron chi connectivity index (χ0n) is 12.3. The van der Waals surface area contributed by atoms with E-state index in [2.05, 4.69) is 45.1 Å². The van der Waals surface area contributed by atoms with Gasteiger partial charge in [0, 0.05) is 5.41 Å². The molecule has 1 heteroatoms. The molecule has 1 nitrogen and oxygen atoms in total. The van der Waals surface area contributed by atoms with Gasteiger partial charge in [0.2, 0.25) is 0 Å². The van der Waals surface area contributed by atoms with Gasteiger partial charge in [0.25, 0.3) is 0 Å². The Morgan fingerprint density at radius 3 is 2.22 bits per heavy atom. The predicted octanol–water partition coefficient (Wildman–Crippen LogP) is 4.99. The molecule has 1 atom stereocenters. The van der Waals surface area contributed by atoms with Crippen LogP contribution in [0.4, 0.5) is 0 Å². The van der Waals surface area contributed by atoms with E-state index in [1.54, 1.807) is 6.92 Å². The van der Waals surface area contributed by atoms with Crippen LogP contribution in [0.1, 0.15) is 59.8 Å². The van der Waals surface area contributed by atoms with Crippen LogP contribution in [-0.2, 0) is 4.79 Å². The molecule has 0 aromatic rings. The monoisotopic (exact) mass is 246 g/mol. The second-order valence-corrected chi connectivity index (χ2v) is 5.56. The molecule has 0 amide bonds. The Morgan fingerprint density at radius 1 is 1.06 bits per heavy atom. The second-order valence-electron chi connectivity index (χ2n) is 5.56. The summed E-state index contributed by atoms with van der Waals surface area (Å²) in [5.41, 5.74) is 2.31. The maximum atomic E-state index is 12.0. The lowest BCUT2D eigenvalue weighted by Crippen LogP contribution is -2.27. The van der Waals surface area contributed by atoms with Gasteiger partial charge in [-0.05, 0) is 59.8 Å². The van der Waals surface area contributed by atoms with Crippen LogP contribution in [0, 0.1) is 5.41 Å². The highest BCUT2D eigenvalue weighted by atomic mass is 16.1. The minimum Gasteiger partial charge on any atom is -0.299 e. The fourth-order valence-corrected chi connectivity index (χ4v) is 2.43. The molecule has 0 saturated heterocycles. The lowest BCUT2D eigenvalue weighted by molar-refractivity contribution is -0.124. The van der Waals surface area contributed by atoms with E-state index in [-0.39, 0.29) is 11.2 Å². The van der Waals surface area contributed by atoms with E-state index in [0.717, 1.165) is 32.1 Å². The molecule has 1 aliphatic rings. The molecule has 0 spiro atoms. The van der Waals surface area contributed by atoms with Gasteiger partial charge in [-0.2, -0.15) is 0 Å². The molecule has 1 unspecified atom stereocenters. The third-order valence-corrected chi connectivity index (χ3v) is 4.31. The Bertz CT molecular complexity index is 384. The average Bonchev–Trinajstić information content (AvgIpc) is 2.33. The van der Waals surface area contributed by atoms with Crippen molar-refractivity contribution in [3.8, 4) is 0 Å². The van der Waals surface area contributed by atoms with Gasteiger partial charge in [-0.3, -0.25) is 4.79 Å². The third kappa shape index (κ3) is 3.69. The van der Waals surface area contributed by atoms with Crippen molar-refractivity contribution in [3.63, 3.8) is 0 Å². The van der Waals surface area contributed by atoms with Crippen molar-refractivity contribution in [1.82, 2.24) is 0 Å². The van der Waals surface area contributed by atoms with Crippen molar-refractivity contribution in [2.24, 2.45) is 5.41 Å². The highest BCUT2D eigenvalue weighted by molar-refractivity contribution is 5.85. The van der Waals surface area contributed by atoms with E-state index in [1.165, 1.54) is 11.1 Å². The summed E-state index contributed by atoms with van der Waals surface area (Å²) in [4.78, 5) is 12.0. The molecule has 0 heterocycles. The van der Waals surface area contributed by atoms with Gasteiger partial charge in [0.15, 0.2) is 0 Å². The van der Waals surface area contributed by atoms with Crippen molar-refractivity contribution in [3.05, 3.63) is 35.5 Å². The Morgan fingerprint density at radius 2 is 1.61 bits per heavy atom. The van der Waals surface area contributed by atoms with E-state index in [0.29, 0.717) is 0 Å². The van der Waals surface area contributed by atoms with E-state index >= 15 is 0 Å². The third-order valence-electron chi connectivity index (χ3n) is 4.31. The van der Waals surface area contributed by atoms with Crippen molar-refractivity contribution < 1.29 is 4.79 Å². The summed E-state index contributed by atoms with van der Waals surface area (Å²) in [5, 5.41) is 0. The molecule has 1 rings (SSSR count). The molecular formula is C17H26O. The van der Waals surface area contributed by atoms with Crippen LogP contribution in [0.25, 0.3) is 0 Å². The van der Waals surface area contributed by atoms with E-state index in [9.17, 15) is 4.79 Å². The molecule has 0 aromatic heterocycles. The molecule has 0 aliphatic heterocycles. The van der Waals surface area contributed by atoms with Crippen LogP contribution in [0.3, 0.4) is 0 Å². The Balaban J connectivity index is 3.06. The first kappa shape index (κ1) is 14.9. The first-order valence-corrected chi connectivity index (χ1v) is 6.96. The Kier molecular flexibility index (Phi) is 5.58. The van der Waals surface area contributed by atoms with Gasteiger partial charge in [-0.25, -0.2) is 0 Å². The summed E-state index contributed by atoms with van der Waals surface area (Å²) in [5.74, 6) is 0.286. The number of carbonyl (C=O) groups excluding carboxylic acids is 1. The number of ketones is 1. The molecule has 0 N–H and O–H groups in total. The van der Waals surface area contributed by atoms with E-state index in [4.69, 9.17) is 0 Å². The number of hydrogen-bond acceptors (Lipinski definition) is 1. The topological polar surface area (TPSA) is 17.1 Å². The molecule has 1 aliphatic carbocycles. The van der Waals surface area contributed by atoms with Crippen LogP contribution in [0.2, 0.25) is 0 Å². The summed E-state index contributed by atoms with van der Waals surface area (Å²) in [7, 11) is 0. The van der Waals surface area contributed by atoms with Gasteiger partial charge in [0.1, 0.15) is 5.78 Å². The summed E-state index contributed by atoms with van der Waals surface area (Å²) in [6, 6.07) is 0. The number of Topliss-reactive ketones (excluding diaryl/α,β-unsaturated/α-hetero) is 1. The maximum Gasteiger partial charge on any atom is 0.139 e.